The topological polar surface area (TPSA) is 49.4 Å². The summed E-state index contributed by atoms with van der Waals surface area (Å²) in [7, 11) is 0. The van der Waals surface area contributed by atoms with Crippen molar-refractivity contribution in [2.75, 3.05) is 12.3 Å². The van der Waals surface area contributed by atoms with E-state index in [9.17, 15) is 9.59 Å². The summed E-state index contributed by atoms with van der Waals surface area (Å²) >= 11 is 9.21. The maximum absolute atomic E-state index is 13.2. The van der Waals surface area contributed by atoms with Crippen molar-refractivity contribution in [3.63, 3.8) is 0 Å². The van der Waals surface area contributed by atoms with Crippen molar-refractivity contribution >= 4 is 46.5 Å². The first-order valence-electron chi connectivity index (χ1n) is 9.12. The SMILES string of the molecule is CCCCCNC(=O)[C@@H]1CS[C@H](c2cccs2)N1C(=O)c1ccc(Cl)cc1. The Morgan fingerprint density at radius 3 is 2.67 bits per heavy atom. The van der Waals surface area contributed by atoms with E-state index in [1.165, 1.54) is 0 Å². The standard InChI is InChI=1S/C20H23ClN2O2S2/c1-2-3-4-11-22-18(24)16-13-27-20(17-6-5-12-26-17)23(16)19(25)14-7-9-15(21)10-8-14/h5-10,12,16,20H,2-4,11,13H2,1H3,(H,22,24)/t16-,20+/m0/s1. The van der Waals surface area contributed by atoms with E-state index in [0.29, 0.717) is 22.9 Å². The van der Waals surface area contributed by atoms with Crippen LogP contribution in [0.2, 0.25) is 5.02 Å². The Morgan fingerprint density at radius 2 is 2.00 bits per heavy atom. The first-order chi connectivity index (χ1) is 13.1. The molecule has 3 rings (SSSR count). The molecule has 27 heavy (non-hydrogen) atoms. The minimum absolute atomic E-state index is 0.0695. The number of benzene rings is 1. The van der Waals surface area contributed by atoms with Gasteiger partial charge in [-0.1, -0.05) is 37.4 Å². The van der Waals surface area contributed by atoms with Crippen molar-refractivity contribution in [3.05, 3.63) is 57.2 Å². The predicted molar refractivity (Wildman–Crippen MR) is 113 cm³/mol. The van der Waals surface area contributed by atoms with Crippen LogP contribution in [0.3, 0.4) is 0 Å². The molecule has 1 aromatic carbocycles. The van der Waals surface area contributed by atoms with Crippen LogP contribution >= 0.6 is 34.7 Å². The quantitative estimate of drug-likeness (QED) is 0.641. The molecule has 1 fully saturated rings. The van der Waals surface area contributed by atoms with Crippen molar-refractivity contribution in [1.29, 1.82) is 0 Å². The molecule has 144 valence electrons. The molecule has 1 N–H and O–H groups in total. The maximum atomic E-state index is 13.2. The predicted octanol–water partition coefficient (Wildman–Crippen LogP) is 4.96. The minimum Gasteiger partial charge on any atom is -0.354 e. The molecular formula is C20H23ClN2O2S2. The second-order valence-corrected chi connectivity index (χ2v) is 8.96. The summed E-state index contributed by atoms with van der Waals surface area (Å²) in [4.78, 5) is 28.9. The second kappa shape index (κ2) is 9.62. The Bertz CT molecular complexity index is 765. The largest absolute Gasteiger partial charge is 0.354 e. The van der Waals surface area contributed by atoms with Gasteiger partial charge in [0.25, 0.3) is 5.91 Å². The number of halogens is 1. The number of nitrogens with one attached hydrogen (secondary N) is 1. The summed E-state index contributed by atoms with van der Waals surface area (Å²) < 4.78 is 0. The zero-order chi connectivity index (χ0) is 19.2. The van der Waals surface area contributed by atoms with Gasteiger partial charge in [0.1, 0.15) is 11.4 Å². The molecule has 0 saturated carbocycles. The van der Waals surface area contributed by atoms with Crippen molar-refractivity contribution < 1.29 is 9.59 Å². The average molecular weight is 423 g/mol. The molecule has 2 atom stereocenters. The molecule has 2 aromatic rings. The number of rotatable bonds is 7. The van der Waals surface area contributed by atoms with Crippen LogP contribution in [-0.2, 0) is 4.79 Å². The summed E-state index contributed by atoms with van der Waals surface area (Å²) in [5.74, 6) is 0.394. The molecule has 1 aromatic heterocycles. The Kier molecular flexibility index (Phi) is 7.21. The summed E-state index contributed by atoms with van der Waals surface area (Å²) in [6, 6.07) is 10.4. The number of carbonyl (C=O) groups excluding carboxylic acids is 2. The number of amides is 2. The van der Waals surface area contributed by atoms with Crippen LogP contribution in [0.5, 0.6) is 0 Å². The zero-order valence-corrected chi connectivity index (χ0v) is 17.6. The van der Waals surface area contributed by atoms with Gasteiger partial charge in [-0.2, -0.15) is 0 Å². The number of nitrogens with zero attached hydrogens (tertiary/aromatic N) is 1. The van der Waals surface area contributed by atoms with Crippen LogP contribution < -0.4 is 5.32 Å². The Balaban J connectivity index is 1.80. The van der Waals surface area contributed by atoms with Gasteiger partial charge in [0, 0.05) is 27.8 Å². The average Bonchev–Trinajstić information content (AvgIpc) is 3.34. The highest BCUT2D eigenvalue weighted by molar-refractivity contribution is 7.99. The van der Waals surface area contributed by atoms with Gasteiger partial charge in [0.05, 0.1) is 0 Å². The fraction of sp³-hybridized carbons (Fsp3) is 0.400. The van der Waals surface area contributed by atoms with E-state index in [2.05, 4.69) is 12.2 Å². The van der Waals surface area contributed by atoms with E-state index >= 15 is 0 Å². The lowest BCUT2D eigenvalue weighted by Crippen LogP contribution is -2.48. The van der Waals surface area contributed by atoms with Gasteiger partial charge >= 0.3 is 0 Å². The van der Waals surface area contributed by atoms with Crippen molar-refractivity contribution in [3.8, 4) is 0 Å². The first-order valence-corrected chi connectivity index (χ1v) is 11.4. The third-order valence-corrected chi connectivity index (χ3v) is 7.13. The molecule has 0 spiro atoms. The first kappa shape index (κ1) is 20.2. The molecule has 2 heterocycles. The highest BCUT2D eigenvalue weighted by Crippen LogP contribution is 2.43. The van der Waals surface area contributed by atoms with Gasteiger partial charge in [-0.15, -0.1) is 23.1 Å². The molecule has 0 radical (unpaired) electrons. The number of carbonyl (C=O) groups is 2. The summed E-state index contributed by atoms with van der Waals surface area (Å²) in [6.07, 6.45) is 3.16. The maximum Gasteiger partial charge on any atom is 0.255 e. The number of hydrogen-bond donors (Lipinski definition) is 1. The monoisotopic (exact) mass is 422 g/mol. The van der Waals surface area contributed by atoms with Gasteiger partial charge in [-0.25, -0.2) is 0 Å². The molecule has 1 aliphatic rings. The van der Waals surface area contributed by atoms with E-state index in [1.807, 2.05) is 17.5 Å². The van der Waals surface area contributed by atoms with Gasteiger partial charge in [-0.05, 0) is 42.1 Å². The van der Waals surface area contributed by atoms with Crippen LogP contribution in [0.15, 0.2) is 41.8 Å². The lowest BCUT2D eigenvalue weighted by molar-refractivity contribution is -0.124. The van der Waals surface area contributed by atoms with Crippen molar-refractivity contribution in [2.45, 2.75) is 37.6 Å². The van der Waals surface area contributed by atoms with Crippen LogP contribution in [0.1, 0.15) is 46.8 Å². The third-order valence-electron chi connectivity index (χ3n) is 4.49. The Hall–Kier alpha value is -1.50. The van der Waals surface area contributed by atoms with Gasteiger partial charge in [0.2, 0.25) is 5.91 Å². The van der Waals surface area contributed by atoms with E-state index in [1.54, 1.807) is 52.3 Å². The summed E-state index contributed by atoms with van der Waals surface area (Å²) in [6.45, 7) is 2.79. The molecule has 0 bridgehead atoms. The summed E-state index contributed by atoms with van der Waals surface area (Å²) in [5.41, 5.74) is 0.548. The van der Waals surface area contributed by atoms with Crippen LogP contribution in [0.25, 0.3) is 0 Å². The lowest BCUT2D eigenvalue weighted by atomic mass is 10.1. The Labute approximate surface area is 173 Å². The van der Waals surface area contributed by atoms with Crippen molar-refractivity contribution in [1.82, 2.24) is 10.2 Å². The summed E-state index contributed by atoms with van der Waals surface area (Å²) in [5, 5.41) is 5.45. The third kappa shape index (κ3) is 4.86. The molecule has 2 amide bonds. The van der Waals surface area contributed by atoms with E-state index in [-0.39, 0.29) is 17.2 Å². The fourth-order valence-corrected chi connectivity index (χ4v) is 5.57. The normalized spacial score (nSPS) is 19.3. The van der Waals surface area contributed by atoms with E-state index in [4.69, 9.17) is 11.6 Å². The smallest absolute Gasteiger partial charge is 0.255 e. The van der Waals surface area contributed by atoms with Gasteiger partial charge < -0.3 is 10.2 Å². The van der Waals surface area contributed by atoms with Gasteiger partial charge in [-0.3, -0.25) is 9.59 Å². The minimum atomic E-state index is -0.466. The molecule has 4 nitrogen and oxygen atoms in total. The lowest BCUT2D eigenvalue weighted by Gasteiger charge is -2.28. The van der Waals surface area contributed by atoms with E-state index in [0.717, 1.165) is 24.1 Å². The second-order valence-electron chi connectivity index (χ2n) is 6.43. The zero-order valence-electron chi connectivity index (χ0n) is 15.2. The van der Waals surface area contributed by atoms with Crippen molar-refractivity contribution in [2.24, 2.45) is 0 Å². The van der Waals surface area contributed by atoms with Gasteiger partial charge in [0.15, 0.2) is 0 Å². The number of thioether (sulfide) groups is 1. The molecule has 0 unspecified atom stereocenters. The molecule has 7 heteroatoms. The van der Waals surface area contributed by atoms with E-state index < -0.39 is 6.04 Å². The van der Waals surface area contributed by atoms with Crippen LogP contribution in [-0.4, -0.2) is 35.1 Å². The van der Waals surface area contributed by atoms with Crippen LogP contribution in [0.4, 0.5) is 0 Å². The molecular weight excluding hydrogens is 400 g/mol. The molecule has 1 aliphatic heterocycles. The number of thiophene rings is 1. The number of hydrogen-bond acceptors (Lipinski definition) is 4. The highest BCUT2D eigenvalue weighted by atomic mass is 35.5. The van der Waals surface area contributed by atoms with Crippen LogP contribution in [0, 0.1) is 0 Å². The molecule has 1 saturated heterocycles. The number of unbranched alkanes of at least 4 members (excludes halogenated alkanes) is 2. The Morgan fingerprint density at radius 1 is 1.22 bits per heavy atom. The highest BCUT2D eigenvalue weighted by Gasteiger charge is 2.42. The fourth-order valence-electron chi connectivity index (χ4n) is 3.05. The molecule has 0 aliphatic carbocycles.